The van der Waals surface area contributed by atoms with Gasteiger partial charge < -0.3 is 10.3 Å². The molecule has 1 aliphatic rings. The van der Waals surface area contributed by atoms with Gasteiger partial charge in [-0.25, -0.2) is 9.97 Å². The van der Waals surface area contributed by atoms with E-state index in [1.54, 1.807) is 11.3 Å². The molecule has 4 rings (SSSR count). The van der Waals surface area contributed by atoms with E-state index in [1.807, 2.05) is 6.92 Å². The van der Waals surface area contributed by atoms with Gasteiger partial charge in [-0.15, -0.1) is 11.3 Å². The fourth-order valence-electron chi connectivity index (χ4n) is 3.46. The molecule has 3 aromatic heterocycles. The van der Waals surface area contributed by atoms with Gasteiger partial charge in [-0.3, -0.25) is 0 Å². The first-order valence-electron chi connectivity index (χ1n) is 8.19. The number of hydrogen-bond acceptors (Lipinski definition) is 4. The molecule has 6 heteroatoms. The van der Waals surface area contributed by atoms with E-state index in [0.717, 1.165) is 52.6 Å². The van der Waals surface area contributed by atoms with Crippen LogP contribution in [0.4, 0.5) is 0 Å². The number of hydrogen-bond donors (Lipinski definition) is 2. The zero-order valence-electron chi connectivity index (χ0n) is 13.7. The molecular weight excluding hydrogens is 306 g/mol. The molecule has 0 amide bonds. The Morgan fingerprint density at radius 3 is 2.91 bits per heavy atom. The lowest BCUT2D eigenvalue weighted by Gasteiger charge is -2.24. The van der Waals surface area contributed by atoms with Gasteiger partial charge in [-0.05, 0) is 45.1 Å². The van der Waals surface area contributed by atoms with Crippen LogP contribution in [-0.2, 0) is 0 Å². The van der Waals surface area contributed by atoms with Crippen molar-refractivity contribution in [1.82, 2.24) is 20.3 Å². The Morgan fingerprint density at radius 1 is 1.30 bits per heavy atom. The number of piperidine rings is 1. The van der Waals surface area contributed by atoms with Crippen LogP contribution in [0.3, 0.4) is 0 Å². The first-order chi connectivity index (χ1) is 11.1. The van der Waals surface area contributed by atoms with Crippen LogP contribution in [0.25, 0.3) is 21.6 Å². The summed E-state index contributed by atoms with van der Waals surface area (Å²) in [6, 6.07) is 2.71. The normalized spacial score (nSPS) is 21.9. The zero-order valence-corrected chi connectivity index (χ0v) is 14.5. The van der Waals surface area contributed by atoms with Crippen LogP contribution in [0.1, 0.15) is 42.2 Å². The predicted octanol–water partition coefficient (Wildman–Crippen LogP) is 2.97. The highest BCUT2D eigenvalue weighted by Crippen LogP contribution is 2.31. The lowest BCUT2D eigenvalue weighted by Crippen LogP contribution is -2.36. The van der Waals surface area contributed by atoms with Crippen molar-refractivity contribution in [2.24, 2.45) is 0 Å². The summed E-state index contributed by atoms with van der Waals surface area (Å²) in [5.74, 6) is 1.62. The first kappa shape index (κ1) is 14.8. The number of nitrogens with one attached hydrogen (secondary N) is 3. The molecule has 5 nitrogen and oxygen atoms in total. The van der Waals surface area contributed by atoms with Crippen LogP contribution in [-0.4, -0.2) is 27.5 Å². The lowest BCUT2D eigenvalue weighted by atomic mass is 9.92. The Bertz CT molecular complexity index is 850. The molecule has 4 heterocycles. The number of aryl methyl sites for hydroxylation is 2. The molecule has 0 saturated carbocycles. The van der Waals surface area contributed by atoms with Crippen molar-refractivity contribution in [3.05, 3.63) is 28.8 Å². The van der Waals surface area contributed by atoms with Crippen molar-refractivity contribution in [3.63, 3.8) is 0 Å². The molecule has 120 valence electrons. The highest BCUT2D eigenvalue weighted by atomic mass is 32.1. The summed E-state index contributed by atoms with van der Waals surface area (Å²) >= 11 is 1.73. The van der Waals surface area contributed by atoms with Crippen LogP contribution in [0.2, 0.25) is 0 Å². The van der Waals surface area contributed by atoms with Gasteiger partial charge in [0.15, 0.2) is 0 Å². The lowest BCUT2D eigenvalue weighted by molar-refractivity contribution is -0.397. The summed E-state index contributed by atoms with van der Waals surface area (Å²) in [6.07, 6.45) is 4.33. The third-order valence-corrected chi connectivity index (χ3v) is 5.70. The summed E-state index contributed by atoms with van der Waals surface area (Å²) in [6.45, 7) is 7.42. The van der Waals surface area contributed by atoms with E-state index in [2.05, 4.69) is 46.4 Å². The molecule has 1 aliphatic heterocycles. The largest absolute Gasteiger partial charge is 0.348 e. The summed E-state index contributed by atoms with van der Waals surface area (Å²) in [5, 5.41) is 4.60. The quantitative estimate of drug-likeness (QED) is 0.760. The van der Waals surface area contributed by atoms with E-state index in [0.29, 0.717) is 12.0 Å². The van der Waals surface area contributed by atoms with Crippen LogP contribution in [0, 0.1) is 13.8 Å². The summed E-state index contributed by atoms with van der Waals surface area (Å²) in [4.78, 5) is 17.5. The minimum absolute atomic E-state index is 0.515. The maximum Gasteiger partial charge on any atom is 0.300 e. The second-order valence-corrected chi connectivity index (χ2v) is 7.69. The van der Waals surface area contributed by atoms with E-state index < -0.39 is 0 Å². The average Bonchev–Trinajstić information content (AvgIpc) is 3.09. The molecule has 23 heavy (non-hydrogen) atoms. The Balaban J connectivity index is 1.71. The minimum atomic E-state index is 0.515. The molecule has 3 N–H and O–H groups in total. The van der Waals surface area contributed by atoms with Crippen LogP contribution in [0.5, 0.6) is 0 Å². The molecule has 2 unspecified atom stereocenters. The van der Waals surface area contributed by atoms with E-state index in [1.165, 1.54) is 4.88 Å². The number of H-pyrrole nitrogens is 2. The number of aromatic amines is 2. The third-order valence-electron chi connectivity index (χ3n) is 4.59. The monoisotopic (exact) mass is 328 g/mol. The van der Waals surface area contributed by atoms with Gasteiger partial charge in [0, 0.05) is 12.1 Å². The standard InChI is InChI=1S/C17H21N5S/c1-9-6-12(4-5-18-9)17-19-8-15-13(22-17)7-14(21-15)16-10(2)20-11(3)23-16/h7-9,12,18,21H,4-6H2,1-3H3/p+1. The average molecular weight is 328 g/mol. The molecule has 1 fully saturated rings. The third kappa shape index (κ3) is 2.77. The van der Waals surface area contributed by atoms with Gasteiger partial charge in [0.2, 0.25) is 5.52 Å². The fraction of sp³-hybridized carbons (Fsp3) is 0.471. The molecule has 3 aromatic rings. The van der Waals surface area contributed by atoms with Crippen molar-refractivity contribution in [1.29, 1.82) is 0 Å². The van der Waals surface area contributed by atoms with Crippen molar-refractivity contribution in [2.45, 2.75) is 45.6 Å². The zero-order chi connectivity index (χ0) is 16.0. The molecule has 0 radical (unpaired) electrons. The highest BCUT2D eigenvalue weighted by molar-refractivity contribution is 7.15. The number of thiazole rings is 1. The Morgan fingerprint density at radius 2 is 2.17 bits per heavy atom. The summed E-state index contributed by atoms with van der Waals surface area (Å²) in [7, 11) is 0. The smallest absolute Gasteiger partial charge is 0.300 e. The molecule has 0 spiro atoms. The van der Waals surface area contributed by atoms with E-state index in [9.17, 15) is 0 Å². The van der Waals surface area contributed by atoms with Crippen LogP contribution >= 0.6 is 11.3 Å². The van der Waals surface area contributed by atoms with Crippen molar-refractivity contribution in [3.8, 4) is 10.6 Å². The Kier molecular flexibility index (Phi) is 3.66. The fourth-order valence-corrected chi connectivity index (χ4v) is 4.35. The first-order valence-corrected chi connectivity index (χ1v) is 9.01. The Labute approximate surface area is 139 Å². The second-order valence-electron chi connectivity index (χ2n) is 6.49. The van der Waals surface area contributed by atoms with Gasteiger partial charge in [0.25, 0.3) is 5.82 Å². The molecule has 2 atom stereocenters. The highest BCUT2D eigenvalue weighted by Gasteiger charge is 2.27. The number of rotatable bonds is 2. The number of fused-ring (bicyclic) bond motifs is 1. The summed E-state index contributed by atoms with van der Waals surface area (Å²) in [5.41, 5.74) is 4.27. The van der Waals surface area contributed by atoms with Crippen molar-refractivity contribution >= 4 is 22.4 Å². The van der Waals surface area contributed by atoms with Crippen LogP contribution < -0.4 is 10.3 Å². The Hall–Kier alpha value is -1.79. The maximum absolute atomic E-state index is 4.89. The number of nitrogens with zero attached hydrogens (tertiary/aromatic N) is 2. The SMILES string of the molecule is Cc1nc(C)c(-c2cc3nc(C4CCNC(C)C4)[nH+]cc3[nH]2)s1. The molecule has 0 aromatic carbocycles. The van der Waals surface area contributed by atoms with Crippen LogP contribution in [0.15, 0.2) is 12.3 Å². The molecule has 0 bridgehead atoms. The van der Waals surface area contributed by atoms with E-state index in [-0.39, 0.29) is 0 Å². The summed E-state index contributed by atoms with van der Waals surface area (Å²) < 4.78 is 0. The number of aromatic nitrogens is 4. The van der Waals surface area contributed by atoms with Gasteiger partial charge >= 0.3 is 0 Å². The topological polar surface area (TPSA) is 67.7 Å². The van der Waals surface area contributed by atoms with Gasteiger partial charge in [0.1, 0.15) is 11.7 Å². The van der Waals surface area contributed by atoms with E-state index in [4.69, 9.17) is 4.98 Å². The second kappa shape index (κ2) is 5.69. The minimum Gasteiger partial charge on any atom is -0.348 e. The van der Waals surface area contributed by atoms with Gasteiger partial charge in [0.05, 0.1) is 27.2 Å². The van der Waals surface area contributed by atoms with Gasteiger partial charge in [-0.1, -0.05) is 0 Å². The predicted molar refractivity (Wildman–Crippen MR) is 92.7 cm³/mol. The van der Waals surface area contributed by atoms with E-state index >= 15 is 0 Å². The molecular formula is C17H22N5S+. The van der Waals surface area contributed by atoms with Gasteiger partial charge in [-0.2, -0.15) is 0 Å². The van der Waals surface area contributed by atoms with Crippen molar-refractivity contribution in [2.75, 3.05) is 6.54 Å². The maximum atomic E-state index is 4.89. The van der Waals surface area contributed by atoms with Crippen molar-refractivity contribution < 1.29 is 4.98 Å². The molecule has 1 saturated heterocycles. The molecule has 0 aliphatic carbocycles.